The minimum absolute atomic E-state index is 0.185. The lowest BCUT2D eigenvalue weighted by atomic mass is 10.1. The third-order valence-corrected chi connectivity index (χ3v) is 3.87. The first-order chi connectivity index (χ1) is 12.6. The van der Waals surface area contributed by atoms with Crippen LogP contribution in [-0.2, 0) is 6.54 Å². The Morgan fingerprint density at radius 1 is 1.08 bits per heavy atom. The van der Waals surface area contributed by atoms with Gasteiger partial charge in [0.15, 0.2) is 0 Å². The van der Waals surface area contributed by atoms with Gasteiger partial charge >= 0.3 is 0 Å². The third-order valence-electron chi connectivity index (χ3n) is 3.87. The number of carbonyl (C=O) groups is 1. The highest BCUT2D eigenvalue weighted by Crippen LogP contribution is 2.09. The van der Waals surface area contributed by atoms with Crippen LogP contribution < -0.4 is 5.56 Å². The molecule has 0 fully saturated rings. The van der Waals surface area contributed by atoms with Gasteiger partial charge in [-0.2, -0.15) is 15.0 Å². The molecule has 0 radical (unpaired) electrons. The summed E-state index contributed by atoms with van der Waals surface area (Å²) in [4.78, 5) is 26.2. The van der Waals surface area contributed by atoms with Crippen molar-refractivity contribution in [3.05, 3.63) is 93.9 Å². The summed E-state index contributed by atoms with van der Waals surface area (Å²) in [5.41, 5.74) is 1.95. The summed E-state index contributed by atoms with van der Waals surface area (Å²) in [7, 11) is 1.67. The lowest BCUT2D eigenvalue weighted by molar-refractivity contribution is 0.0777. The summed E-state index contributed by atoms with van der Waals surface area (Å²) < 4.78 is 1.21. The largest absolute Gasteiger partial charge is 0.336 e. The summed E-state index contributed by atoms with van der Waals surface area (Å²) in [6.45, 7) is 0.372. The number of para-hydroxylation sites is 1. The molecule has 3 rings (SSSR count). The van der Waals surface area contributed by atoms with E-state index in [-0.39, 0.29) is 17.2 Å². The molecule has 0 atom stereocenters. The van der Waals surface area contributed by atoms with Gasteiger partial charge in [-0.25, -0.2) is 0 Å². The van der Waals surface area contributed by atoms with Crippen molar-refractivity contribution in [2.45, 2.75) is 6.54 Å². The monoisotopic (exact) mass is 344 g/mol. The molecule has 0 bridgehead atoms. The second-order valence-corrected chi connectivity index (χ2v) is 5.77. The topological polar surface area (TPSA) is 79.0 Å². The van der Waals surface area contributed by atoms with Crippen LogP contribution in [-0.4, -0.2) is 27.6 Å². The van der Waals surface area contributed by atoms with Crippen molar-refractivity contribution in [1.82, 2.24) is 14.7 Å². The Hall–Kier alpha value is -3.72. The van der Waals surface area contributed by atoms with Gasteiger partial charge in [-0.3, -0.25) is 9.59 Å². The van der Waals surface area contributed by atoms with Crippen LogP contribution in [0.4, 0.5) is 0 Å². The Morgan fingerprint density at radius 3 is 2.42 bits per heavy atom. The number of benzene rings is 2. The number of carbonyl (C=O) groups excluding carboxylic acids is 1. The van der Waals surface area contributed by atoms with Crippen molar-refractivity contribution in [2.75, 3.05) is 7.05 Å². The van der Waals surface area contributed by atoms with E-state index in [1.165, 1.54) is 21.7 Å². The predicted molar refractivity (Wildman–Crippen MR) is 96.8 cm³/mol. The van der Waals surface area contributed by atoms with E-state index in [4.69, 9.17) is 5.26 Å². The summed E-state index contributed by atoms with van der Waals surface area (Å²) in [6.07, 6.45) is 0. The molecule has 1 heterocycles. The maximum absolute atomic E-state index is 12.7. The van der Waals surface area contributed by atoms with Crippen LogP contribution >= 0.6 is 0 Å². The van der Waals surface area contributed by atoms with E-state index in [1.54, 1.807) is 55.6 Å². The highest BCUT2D eigenvalue weighted by Gasteiger charge is 2.15. The van der Waals surface area contributed by atoms with Crippen molar-refractivity contribution in [2.24, 2.45) is 0 Å². The molecule has 0 spiro atoms. The van der Waals surface area contributed by atoms with Gasteiger partial charge in [-0.15, -0.1) is 0 Å². The van der Waals surface area contributed by atoms with E-state index in [0.717, 1.165) is 5.56 Å². The minimum Gasteiger partial charge on any atom is -0.336 e. The Balaban J connectivity index is 1.83. The lowest BCUT2D eigenvalue weighted by Crippen LogP contribution is -2.30. The second kappa shape index (κ2) is 7.45. The standard InChI is InChI=1S/C20H16N4O2/c1-23(14-16-9-7-15(13-21)8-10-16)20(26)18-11-12-19(25)24(22-18)17-5-3-2-4-6-17/h2-12H,14H2,1H3. The summed E-state index contributed by atoms with van der Waals surface area (Å²) >= 11 is 0. The number of amides is 1. The molecule has 6 nitrogen and oxygen atoms in total. The van der Waals surface area contributed by atoms with Crippen LogP contribution in [0.1, 0.15) is 21.6 Å². The Morgan fingerprint density at radius 2 is 1.77 bits per heavy atom. The molecule has 0 saturated carbocycles. The fourth-order valence-corrected chi connectivity index (χ4v) is 2.51. The first-order valence-corrected chi connectivity index (χ1v) is 7.99. The van der Waals surface area contributed by atoms with Crippen LogP contribution in [0.2, 0.25) is 0 Å². The molecule has 2 aromatic carbocycles. The van der Waals surface area contributed by atoms with E-state index in [0.29, 0.717) is 17.8 Å². The average molecular weight is 344 g/mol. The highest BCUT2D eigenvalue weighted by atomic mass is 16.2. The zero-order valence-electron chi connectivity index (χ0n) is 14.2. The van der Waals surface area contributed by atoms with Crippen molar-refractivity contribution in [1.29, 1.82) is 5.26 Å². The number of nitrogens with zero attached hydrogens (tertiary/aromatic N) is 4. The van der Waals surface area contributed by atoms with Crippen LogP contribution in [0, 0.1) is 11.3 Å². The molecule has 3 aromatic rings. The van der Waals surface area contributed by atoms with Crippen molar-refractivity contribution < 1.29 is 4.79 Å². The van der Waals surface area contributed by atoms with Gasteiger partial charge < -0.3 is 4.90 Å². The minimum atomic E-state index is -0.303. The third kappa shape index (κ3) is 3.68. The molecule has 0 saturated heterocycles. The van der Waals surface area contributed by atoms with E-state index < -0.39 is 0 Å². The Bertz CT molecular complexity index is 1020. The molecule has 6 heteroatoms. The van der Waals surface area contributed by atoms with Crippen LogP contribution in [0.25, 0.3) is 5.69 Å². The molecule has 0 aliphatic carbocycles. The van der Waals surface area contributed by atoms with E-state index in [9.17, 15) is 9.59 Å². The zero-order valence-corrected chi connectivity index (χ0v) is 14.2. The molecule has 128 valence electrons. The summed E-state index contributed by atoms with van der Waals surface area (Å²) in [5.74, 6) is -0.293. The van der Waals surface area contributed by atoms with Crippen LogP contribution in [0.3, 0.4) is 0 Å². The fraction of sp³-hybridized carbons (Fsp3) is 0.100. The van der Waals surface area contributed by atoms with Gasteiger partial charge in [0.25, 0.3) is 11.5 Å². The van der Waals surface area contributed by atoms with Crippen molar-refractivity contribution in [3.8, 4) is 11.8 Å². The van der Waals surface area contributed by atoms with Crippen LogP contribution in [0.15, 0.2) is 71.5 Å². The maximum atomic E-state index is 12.7. The SMILES string of the molecule is CN(Cc1ccc(C#N)cc1)C(=O)c1ccc(=O)n(-c2ccccc2)n1. The molecule has 1 aromatic heterocycles. The molecule has 0 aliphatic heterocycles. The summed E-state index contributed by atoms with van der Waals surface area (Å²) in [6, 6.07) is 20.8. The van der Waals surface area contributed by atoms with Crippen LogP contribution in [0.5, 0.6) is 0 Å². The predicted octanol–water partition coefficient (Wildman–Crippen LogP) is 2.38. The van der Waals surface area contributed by atoms with E-state index in [1.807, 2.05) is 6.07 Å². The van der Waals surface area contributed by atoms with E-state index >= 15 is 0 Å². The average Bonchev–Trinajstić information content (AvgIpc) is 2.69. The van der Waals surface area contributed by atoms with Crippen molar-refractivity contribution in [3.63, 3.8) is 0 Å². The van der Waals surface area contributed by atoms with Crippen molar-refractivity contribution >= 4 is 5.91 Å². The zero-order chi connectivity index (χ0) is 18.5. The lowest BCUT2D eigenvalue weighted by Gasteiger charge is -2.17. The number of nitriles is 1. The Kier molecular flexibility index (Phi) is 4.90. The molecule has 0 aliphatic rings. The number of rotatable bonds is 4. The number of hydrogen-bond donors (Lipinski definition) is 0. The number of hydrogen-bond acceptors (Lipinski definition) is 4. The molecular formula is C20H16N4O2. The number of aromatic nitrogens is 2. The molecule has 0 N–H and O–H groups in total. The molecule has 1 amide bonds. The first-order valence-electron chi connectivity index (χ1n) is 7.99. The van der Waals surface area contributed by atoms with E-state index in [2.05, 4.69) is 11.2 Å². The fourth-order valence-electron chi connectivity index (χ4n) is 2.51. The van der Waals surface area contributed by atoms with Gasteiger partial charge in [-0.05, 0) is 35.9 Å². The quantitative estimate of drug-likeness (QED) is 0.728. The van der Waals surface area contributed by atoms with Gasteiger partial charge in [0.1, 0.15) is 5.69 Å². The highest BCUT2D eigenvalue weighted by molar-refractivity contribution is 5.91. The van der Waals surface area contributed by atoms with Gasteiger partial charge in [0.2, 0.25) is 0 Å². The van der Waals surface area contributed by atoms with Gasteiger partial charge in [0.05, 0.1) is 17.3 Å². The first kappa shape index (κ1) is 17.1. The smallest absolute Gasteiger partial charge is 0.274 e. The maximum Gasteiger partial charge on any atom is 0.274 e. The normalized spacial score (nSPS) is 10.2. The molecule has 26 heavy (non-hydrogen) atoms. The van der Waals surface area contributed by atoms with Gasteiger partial charge in [-0.1, -0.05) is 30.3 Å². The molecule has 0 unspecified atom stereocenters. The molecular weight excluding hydrogens is 328 g/mol. The summed E-state index contributed by atoms with van der Waals surface area (Å²) in [5, 5.41) is 13.0. The second-order valence-electron chi connectivity index (χ2n) is 5.77. The van der Waals surface area contributed by atoms with Gasteiger partial charge in [0, 0.05) is 19.7 Å². The Labute approximate surface area is 150 Å².